The SMILES string of the molecule is CC(C)=NNC(=O)c1ccsc1NC(=O)c1cc2ccccc2oc1=O. The summed E-state index contributed by atoms with van der Waals surface area (Å²) in [5.74, 6) is -1.09. The Balaban J connectivity index is 1.87. The van der Waals surface area contributed by atoms with E-state index in [1.807, 2.05) is 0 Å². The van der Waals surface area contributed by atoms with Crippen LogP contribution < -0.4 is 16.4 Å². The highest BCUT2D eigenvalue weighted by molar-refractivity contribution is 7.14. The van der Waals surface area contributed by atoms with Crippen molar-refractivity contribution in [3.8, 4) is 0 Å². The van der Waals surface area contributed by atoms with Gasteiger partial charge in [0.2, 0.25) is 0 Å². The van der Waals surface area contributed by atoms with Gasteiger partial charge in [0.25, 0.3) is 11.8 Å². The fourth-order valence-electron chi connectivity index (χ4n) is 2.20. The van der Waals surface area contributed by atoms with Gasteiger partial charge < -0.3 is 9.73 Å². The second-order valence-corrected chi connectivity index (χ2v) is 6.52. The lowest BCUT2D eigenvalue weighted by molar-refractivity contribution is 0.0956. The Morgan fingerprint density at radius 1 is 1.08 bits per heavy atom. The first-order chi connectivity index (χ1) is 12.5. The summed E-state index contributed by atoms with van der Waals surface area (Å²) in [5.41, 5.74) is 2.87. The van der Waals surface area contributed by atoms with Gasteiger partial charge >= 0.3 is 5.63 Å². The third kappa shape index (κ3) is 3.70. The van der Waals surface area contributed by atoms with Crippen LogP contribution in [0, 0.1) is 0 Å². The summed E-state index contributed by atoms with van der Waals surface area (Å²) >= 11 is 1.17. The summed E-state index contributed by atoms with van der Waals surface area (Å²) in [7, 11) is 0. The van der Waals surface area contributed by atoms with Gasteiger partial charge in [0.15, 0.2) is 0 Å². The van der Waals surface area contributed by atoms with Gasteiger partial charge in [0, 0.05) is 11.1 Å². The molecule has 0 fully saturated rings. The van der Waals surface area contributed by atoms with Gasteiger partial charge in [-0.15, -0.1) is 11.3 Å². The van der Waals surface area contributed by atoms with Crippen LogP contribution in [0.2, 0.25) is 0 Å². The standard InChI is InChI=1S/C18H15N3O4S/c1-10(2)20-21-16(23)12-7-8-26-17(12)19-15(22)13-9-11-5-3-4-6-14(11)25-18(13)24/h3-9H,1-2H3,(H,19,22)(H,21,23). The van der Waals surface area contributed by atoms with Crippen LogP contribution in [0.1, 0.15) is 34.6 Å². The van der Waals surface area contributed by atoms with Crippen LogP contribution in [0.3, 0.4) is 0 Å². The summed E-state index contributed by atoms with van der Waals surface area (Å²) in [6, 6.07) is 9.94. The van der Waals surface area contributed by atoms with Crippen LogP contribution in [0.25, 0.3) is 11.0 Å². The number of thiophene rings is 1. The molecule has 0 saturated heterocycles. The van der Waals surface area contributed by atoms with Gasteiger partial charge in [-0.1, -0.05) is 18.2 Å². The largest absolute Gasteiger partial charge is 0.422 e. The number of hydrogen-bond donors (Lipinski definition) is 2. The number of amides is 2. The van der Waals surface area contributed by atoms with E-state index < -0.39 is 17.4 Å². The number of rotatable bonds is 4. The van der Waals surface area contributed by atoms with Crippen LogP contribution in [0.5, 0.6) is 0 Å². The highest BCUT2D eigenvalue weighted by Gasteiger charge is 2.18. The second-order valence-electron chi connectivity index (χ2n) is 5.60. The van der Waals surface area contributed by atoms with Crippen molar-refractivity contribution in [1.29, 1.82) is 0 Å². The lowest BCUT2D eigenvalue weighted by atomic mass is 10.2. The van der Waals surface area contributed by atoms with Gasteiger partial charge in [0.05, 0.1) is 5.56 Å². The van der Waals surface area contributed by atoms with E-state index in [-0.39, 0.29) is 11.1 Å². The molecule has 0 unspecified atom stereocenters. The van der Waals surface area contributed by atoms with Crippen molar-refractivity contribution in [2.75, 3.05) is 5.32 Å². The molecule has 7 nitrogen and oxygen atoms in total. The number of nitrogens with zero attached hydrogens (tertiary/aromatic N) is 1. The number of carbonyl (C=O) groups is 2. The molecule has 132 valence electrons. The van der Waals surface area contributed by atoms with Crippen molar-refractivity contribution < 1.29 is 14.0 Å². The molecule has 2 aromatic heterocycles. The van der Waals surface area contributed by atoms with Gasteiger partial charge in [0.1, 0.15) is 16.1 Å². The van der Waals surface area contributed by atoms with Crippen LogP contribution in [-0.2, 0) is 0 Å². The van der Waals surface area contributed by atoms with E-state index in [4.69, 9.17) is 4.42 Å². The van der Waals surface area contributed by atoms with Crippen molar-refractivity contribution in [3.05, 3.63) is 63.3 Å². The van der Waals surface area contributed by atoms with Crippen LogP contribution in [0.4, 0.5) is 5.00 Å². The molecule has 0 saturated carbocycles. The summed E-state index contributed by atoms with van der Waals surface area (Å²) in [6.45, 7) is 3.49. The first kappa shape index (κ1) is 17.6. The van der Waals surface area contributed by atoms with Crippen molar-refractivity contribution in [1.82, 2.24) is 5.43 Å². The molecule has 0 aliphatic heterocycles. The molecular formula is C18H15N3O4S. The third-order valence-corrected chi connectivity index (χ3v) is 4.23. The molecule has 2 amide bonds. The van der Waals surface area contributed by atoms with Crippen molar-refractivity contribution in [2.24, 2.45) is 5.10 Å². The molecule has 2 heterocycles. The Morgan fingerprint density at radius 3 is 2.62 bits per heavy atom. The molecule has 0 radical (unpaired) electrons. The molecule has 8 heteroatoms. The molecule has 0 atom stereocenters. The maximum Gasteiger partial charge on any atom is 0.349 e. The van der Waals surface area contributed by atoms with Gasteiger partial charge in [-0.3, -0.25) is 9.59 Å². The minimum atomic E-state index is -0.741. The maximum atomic E-state index is 12.5. The minimum Gasteiger partial charge on any atom is -0.422 e. The van der Waals surface area contributed by atoms with E-state index in [0.29, 0.717) is 21.7 Å². The highest BCUT2D eigenvalue weighted by Crippen LogP contribution is 2.24. The number of anilines is 1. The molecule has 0 bridgehead atoms. The van der Waals surface area contributed by atoms with Crippen LogP contribution >= 0.6 is 11.3 Å². The second kappa shape index (κ2) is 7.32. The predicted molar refractivity (Wildman–Crippen MR) is 101 cm³/mol. The number of para-hydroxylation sites is 1. The summed E-state index contributed by atoms with van der Waals surface area (Å²) in [5, 5.41) is 9.06. The Morgan fingerprint density at radius 2 is 1.85 bits per heavy atom. The predicted octanol–water partition coefficient (Wildman–Crippen LogP) is 3.23. The Hall–Kier alpha value is -3.26. The minimum absolute atomic E-state index is 0.133. The van der Waals surface area contributed by atoms with Crippen molar-refractivity contribution in [2.45, 2.75) is 13.8 Å². The molecule has 0 aliphatic carbocycles. The molecule has 2 N–H and O–H groups in total. The third-order valence-electron chi connectivity index (χ3n) is 3.40. The zero-order valence-corrected chi connectivity index (χ0v) is 14.8. The van der Waals surface area contributed by atoms with E-state index >= 15 is 0 Å². The van der Waals surface area contributed by atoms with Gasteiger partial charge in [-0.25, -0.2) is 10.2 Å². The zero-order chi connectivity index (χ0) is 18.7. The first-order valence-electron chi connectivity index (χ1n) is 7.68. The Bertz CT molecular complexity index is 1080. The number of carbonyl (C=O) groups excluding carboxylic acids is 2. The van der Waals surface area contributed by atoms with E-state index in [9.17, 15) is 14.4 Å². The Kier molecular flexibility index (Phi) is 4.94. The number of benzene rings is 1. The van der Waals surface area contributed by atoms with Crippen molar-refractivity contribution >= 4 is 44.8 Å². The average Bonchev–Trinajstić information content (AvgIpc) is 3.07. The molecule has 1 aromatic carbocycles. The number of nitrogens with one attached hydrogen (secondary N) is 2. The highest BCUT2D eigenvalue weighted by atomic mass is 32.1. The first-order valence-corrected chi connectivity index (χ1v) is 8.56. The average molecular weight is 369 g/mol. The Labute approximate surface area is 152 Å². The lowest BCUT2D eigenvalue weighted by Crippen LogP contribution is -2.23. The fourth-order valence-corrected chi connectivity index (χ4v) is 2.98. The molecule has 0 spiro atoms. The molecule has 3 aromatic rings. The molecule has 0 aliphatic rings. The monoisotopic (exact) mass is 369 g/mol. The molecular weight excluding hydrogens is 354 g/mol. The van der Waals surface area contributed by atoms with E-state index in [0.717, 1.165) is 0 Å². The summed E-state index contributed by atoms with van der Waals surface area (Å²) < 4.78 is 5.17. The number of fused-ring (bicyclic) bond motifs is 1. The quantitative estimate of drug-likeness (QED) is 0.419. The molecule has 3 rings (SSSR count). The van der Waals surface area contributed by atoms with Gasteiger partial charge in [-0.2, -0.15) is 5.10 Å². The van der Waals surface area contributed by atoms with E-state index in [1.165, 1.54) is 17.4 Å². The van der Waals surface area contributed by atoms with Crippen molar-refractivity contribution in [3.63, 3.8) is 0 Å². The number of hydrogen-bond acceptors (Lipinski definition) is 6. The van der Waals surface area contributed by atoms with Crippen LogP contribution in [-0.4, -0.2) is 17.5 Å². The van der Waals surface area contributed by atoms with E-state index in [2.05, 4.69) is 15.8 Å². The smallest absolute Gasteiger partial charge is 0.349 e. The molecule has 26 heavy (non-hydrogen) atoms. The van der Waals surface area contributed by atoms with Gasteiger partial charge in [-0.05, 0) is 37.4 Å². The fraction of sp³-hybridized carbons (Fsp3) is 0.111. The zero-order valence-electron chi connectivity index (χ0n) is 14.0. The van der Waals surface area contributed by atoms with Crippen LogP contribution in [0.15, 0.2) is 56.1 Å². The van der Waals surface area contributed by atoms with E-state index in [1.54, 1.807) is 49.6 Å². The maximum absolute atomic E-state index is 12.5. The summed E-state index contributed by atoms with van der Waals surface area (Å²) in [6.07, 6.45) is 0. The lowest BCUT2D eigenvalue weighted by Gasteiger charge is -2.06. The summed E-state index contributed by atoms with van der Waals surface area (Å²) in [4.78, 5) is 36.7. The number of hydrazone groups is 1. The topological polar surface area (TPSA) is 101 Å². The normalized spacial score (nSPS) is 10.4.